The zero-order valence-electron chi connectivity index (χ0n) is 23.9. The van der Waals surface area contributed by atoms with E-state index in [4.69, 9.17) is 34.8 Å². The molecule has 226 valence electrons. The van der Waals surface area contributed by atoms with Gasteiger partial charge in [-0.25, -0.2) is 8.42 Å². The normalized spacial score (nSPS) is 12.8. The highest BCUT2D eigenvalue weighted by Crippen LogP contribution is 2.31. The van der Waals surface area contributed by atoms with Crippen LogP contribution in [0.4, 0.5) is 5.69 Å². The fraction of sp³-hybridized carbons (Fsp3) is 0.355. The van der Waals surface area contributed by atoms with Gasteiger partial charge in [0.15, 0.2) is 0 Å². The van der Waals surface area contributed by atoms with E-state index in [2.05, 4.69) is 5.32 Å². The number of amides is 2. The summed E-state index contributed by atoms with van der Waals surface area (Å²) >= 11 is 18.5. The SMILES string of the molecule is CC[C@@H](C)NC(=O)[C@H](Cc1ccccc1)N(Cc1ccc(Cl)cc1)C(=O)CCCN(c1cc(Cl)ccc1Cl)S(C)(=O)=O. The average Bonchev–Trinajstić information content (AvgIpc) is 2.95. The molecule has 0 fully saturated rings. The van der Waals surface area contributed by atoms with Crippen LogP contribution in [0.5, 0.6) is 0 Å². The molecule has 7 nitrogen and oxygen atoms in total. The zero-order valence-corrected chi connectivity index (χ0v) is 27.0. The summed E-state index contributed by atoms with van der Waals surface area (Å²) in [6.07, 6.45) is 2.32. The van der Waals surface area contributed by atoms with Crippen molar-refractivity contribution in [2.45, 2.75) is 58.2 Å². The average molecular weight is 653 g/mol. The van der Waals surface area contributed by atoms with Crippen LogP contribution < -0.4 is 9.62 Å². The number of rotatable bonds is 14. The van der Waals surface area contributed by atoms with Crippen molar-refractivity contribution in [3.8, 4) is 0 Å². The van der Waals surface area contributed by atoms with Gasteiger partial charge in [-0.2, -0.15) is 0 Å². The molecule has 0 unspecified atom stereocenters. The Labute approximate surface area is 263 Å². The number of benzene rings is 3. The summed E-state index contributed by atoms with van der Waals surface area (Å²) in [6, 6.07) is 20.4. The summed E-state index contributed by atoms with van der Waals surface area (Å²) < 4.78 is 26.5. The first-order valence-corrected chi connectivity index (χ1v) is 16.7. The van der Waals surface area contributed by atoms with Gasteiger partial charge in [0.2, 0.25) is 21.8 Å². The monoisotopic (exact) mass is 651 g/mol. The number of hydrogen-bond acceptors (Lipinski definition) is 4. The first kappa shape index (κ1) is 33.7. The predicted molar refractivity (Wildman–Crippen MR) is 172 cm³/mol. The lowest BCUT2D eigenvalue weighted by molar-refractivity contribution is -0.141. The van der Waals surface area contributed by atoms with Crippen molar-refractivity contribution < 1.29 is 18.0 Å². The Morgan fingerprint density at radius 1 is 0.905 bits per heavy atom. The standard InChI is InChI=1S/C31H36Cl3N3O4S/c1-4-22(2)35-31(39)29(19-23-9-6-5-7-10-23)36(21-24-12-14-25(32)15-13-24)30(38)11-8-18-37(42(3,40)41)28-20-26(33)16-17-27(28)34/h5-7,9-10,12-17,20,22,29H,4,8,11,18-19,21H2,1-3H3,(H,35,39)/t22-,29+/m1/s1. The van der Waals surface area contributed by atoms with Crippen LogP contribution in [0.2, 0.25) is 15.1 Å². The number of nitrogens with one attached hydrogen (secondary N) is 1. The minimum absolute atomic E-state index is 0.000302. The van der Waals surface area contributed by atoms with Gasteiger partial charge >= 0.3 is 0 Å². The van der Waals surface area contributed by atoms with Crippen LogP contribution in [0.15, 0.2) is 72.8 Å². The van der Waals surface area contributed by atoms with E-state index in [0.29, 0.717) is 16.5 Å². The summed E-state index contributed by atoms with van der Waals surface area (Å²) in [7, 11) is -3.73. The predicted octanol–water partition coefficient (Wildman–Crippen LogP) is 6.75. The van der Waals surface area contributed by atoms with Gasteiger partial charge in [-0.1, -0.05) is 84.2 Å². The van der Waals surface area contributed by atoms with Gasteiger partial charge in [-0.3, -0.25) is 13.9 Å². The van der Waals surface area contributed by atoms with Crippen molar-refractivity contribution in [1.29, 1.82) is 0 Å². The summed E-state index contributed by atoms with van der Waals surface area (Å²) in [4.78, 5) is 29.1. The Morgan fingerprint density at radius 2 is 1.55 bits per heavy atom. The molecule has 0 aliphatic carbocycles. The zero-order chi connectivity index (χ0) is 30.9. The highest BCUT2D eigenvalue weighted by atomic mass is 35.5. The third-order valence-corrected chi connectivity index (χ3v) is 8.85. The van der Waals surface area contributed by atoms with Gasteiger partial charge in [0, 0.05) is 42.0 Å². The molecule has 0 radical (unpaired) electrons. The molecule has 0 aliphatic heterocycles. The Kier molecular flexibility index (Phi) is 12.5. The molecule has 3 rings (SSSR count). The number of carbonyl (C=O) groups is 2. The Balaban J connectivity index is 1.90. The molecule has 11 heteroatoms. The van der Waals surface area contributed by atoms with Gasteiger partial charge in [-0.15, -0.1) is 0 Å². The molecule has 0 saturated heterocycles. The number of nitrogens with zero attached hydrogens (tertiary/aromatic N) is 2. The maximum atomic E-state index is 13.9. The number of sulfonamides is 1. The minimum atomic E-state index is -3.73. The lowest BCUT2D eigenvalue weighted by Gasteiger charge is -2.32. The third kappa shape index (κ3) is 9.90. The number of carbonyl (C=O) groups excluding carboxylic acids is 2. The van der Waals surface area contributed by atoms with Crippen LogP contribution >= 0.6 is 34.8 Å². The smallest absolute Gasteiger partial charge is 0.243 e. The van der Waals surface area contributed by atoms with Crippen molar-refractivity contribution in [1.82, 2.24) is 10.2 Å². The lowest BCUT2D eigenvalue weighted by atomic mass is 10.0. The fourth-order valence-electron chi connectivity index (χ4n) is 4.44. The second-order valence-electron chi connectivity index (χ2n) is 10.2. The molecule has 0 bridgehead atoms. The molecular formula is C31H36Cl3N3O4S. The lowest BCUT2D eigenvalue weighted by Crippen LogP contribution is -2.52. The number of anilines is 1. The van der Waals surface area contributed by atoms with Gasteiger partial charge < -0.3 is 10.2 Å². The maximum Gasteiger partial charge on any atom is 0.243 e. The van der Waals surface area contributed by atoms with Crippen molar-refractivity contribution in [2.24, 2.45) is 0 Å². The molecule has 0 heterocycles. The quantitative estimate of drug-likeness (QED) is 0.209. The van der Waals surface area contributed by atoms with Crippen molar-refractivity contribution >= 4 is 62.3 Å². The molecule has 3 aromatic rings. The molecule has 0 aliphatic rings. The van der Waals surface area contributed by atoms with Crippen LogP contribution in [0.25, 0.3) is 0 Å². The van der Waals surface area contributed by atoms with Crippen LogP contribution in [-0.2, 0) is 32.6 Å². The fourth-order valence-corrected chi connectivity index (χ4v) is 5.97. The van der Waals surface area contributed by atoms with E-state index in [9.17, 15) is 18.0 Å². The summed E-state index contributed by atoms with van der Waals surface area (Å²) in [5.41, 5.74) is 1.97. The van der Waals surface area contributed by atoms with Gasteiger partial charge in [0.05, 0.1) is 17.0 Å². The summed E-state index contributed by atoms with van der Waals surface area (Å²) in [6.45, 7) is 4.08. The van der Waals surface area contributed by atoms with Crippen LogP contribution in [0.1, 0.15) is 44.2 Å². The Hall–Kier alpha value is -2.78. The maximum absolute atomic E-state index is 13.9. The van der Waals surface area contributed by atoms with E-state index < -0.39 is 16.1 Å². The molecular weight excluding hydrogens is 617 g/mol. The first-order chi connectivity index (χ1) is 19.9. The minimum Gasteiger partial charge on any atom is -0.352 e. The molecule has 2 atom stereocenters. The van der Waals surface area contributed by atoms with E-state index in [1.807, 2.05) is 56.3 Å². The number of halogens is 3. The van der Waals surface area contributed by atoms with Crippen molar-refractivity contribution in [3.63, 3.8) is 0 Å². The first-order valence-electron chi connectivity index (χ1n) is 13.7. The van der Waals surface area contributed by atoms with E-state index in [-0.39, 0.29) is 54.5 Å². The molecule has 0 saturated carbocycles. The summed E-state index contributed by atoms with van der Waals surface area (Å²) in [5, 5.41) is 4.17. The molecule has 0 aromatic heterocycles. The van der Waals surface area contributed by atoms with E-state index in [0.717, 1.165) is 28.1 Å². The van der Waals surface area contributed by atoms with E-state index in [1.165, 1.54) is 12.1 Å². The molecule has 0 spiro atoms. The van der Waals surface area contributed by atoms with Gasteiger partial charge in [0.25, 0.3) is 0 Å². The number of hydrogen-bond donors (Lipinski definition) is 1. The van der Waals surface area contributed by atoms with Crippen molar-refractivity contribution in [2.75, 3.05) is 17.1 Å². The highest BCUT2D eigenvalue weighted by Gasteiger charge is 2.31. The van der Waals surface area contributed by atoms with Gasteiger partial charge in [-0.05, 0) is 61.2 Å². The highest BCUT2D eigenvalue weighted by molar-refractivity contribution is 7.92. The van der Waals surface area contributed by atoms with Crippen LogP contribution in [0, 0.1) is 0 Å². The molecule has 2 amide bonds. The third-order valence-electron chi connectivity index (χ3n) is 6.87. The van der Waals surface area contributed by atoms with E-state index >= 15 is 0 Å². The molecule has 42 heavy (non-hydrogen) atoms. The Morgan fingerprint density at radius 3 is 2.17 bits per heavy atom. The second-order valence-corrected chi connectivity index (χ2v) is 13.4. The Bertz CT molecular complexity index is 1450. The van der Waals surface area contributed by atoms with E-state index in [1.54, 1.807) is 23.1 Å². The van der Waals surface area contributed by atoms with Crippen LogP contribution in [0.3, 0.4) is 0 Å². The van der Waals surface area contributed by atoms with Crippen LogP contribution in [-0.4, -0.2) is 50.0 Å². The molecule has 1 N–H and O–H groups in total. The molecule has 3 aromatic carbocycles. The van der Waals surface area contributed by atoms with Gasteiger partial charge in [0.1, 0.15) is 6.04 Å². The van der Waals surface area contributed by atoms with Crippen molar-refractivity contribution in [3.05, 3.63) is 99.0 Å². The topological polar surface area (TPSA) is 86.8 Å². The largest absolute Gasteiger partial charge is 0.352 e. The summed E-state index contributed by atoms with van der Waals surface area (Å²) in [5.74, 6) is -0.533. The second kappa shape index (κ2) is 15.6.